The molecule has 0 bridgehead atoms. The number of carbonyl (C=O) groups excluding carboxylic acids is 2. The van der Waals surface area contributed by atoms with Gasteiger partial charge in [-0.3, -0.25) is 9.59 Å². The van der Waals surface area contributed by atoms with E-state index in [4.69, 9.17) is 10.9 Å². The molecule has 9 nitrogen and oxygen atoms in total. The molecule has 39 heavy (non-hydrogen) atoms. The predicted molar refractivity (Wildman–Crippen MR) is 146 cm³/mol. The lowest BCUT2D eigenvalue weighted by Crippen LogP contribution is -2.48. The third kappa shape index (κ3) is 10.3. The van der Waals surface area contributed by atoms with Gasteiger partial charge in [-0.25, -0.2) is 22.3 Å². The maximum Gasteiger partial charge on any atom is 0.254 e. The van der Waals surface area contributed by atoms with Crippen molar-refractivity contribution < 1.29 is 31.9 Å². The molecule has 0 saturated carbocycles. The summed E-state index contributed by atoms with van der Waals surface area (Å²) in [6.07, 6.45) is 0.0769. The normalized spacial score (nSPS) is 13.1. The Morgan fingerprint density at radius 3 is 1.90 bits per heavy atom. The summed E-state index contributed by atoms with van der Waals surface area (Å²) in [7, 11) is -3.95. The molecule has 0 fully saturated rings. The zero-order chi connectivity index (χ0) is 29.3. The van der Waals surface area contributed by atoms with Gasteiger partial charge in [0.15, 0.2) is 0 Å². The Morgan fingerprint density at radius 1 is 0.897 bits per heavy atom. The Hall–Kier alpha value is -2.93. The summed E-state index contributed by atoms with van der Waals surface area (Å²) >= 11 is 0. The fourth-order valence-electron chi connectivity index (χ4n) is 4.26. The zero-order valence-corrected chi connectivity index (χ0v) is 23.4. The third-order valence-corrected chi connectivity index (χ3v) is 6.83. The number of aliphatic hydroxyl groups excluding tert-OH is 1. The number of amides is 2. The van der Waals surface area contributed by atoms with Crippen LogP contribution in [0, 0.1) is 18.6 Å². The summed E-state index contributed by atoms with van der Waals surface area (Å²) in [6, 6.07) is 6.55. The number of primary sulfonamides is 1. The van der Waals surface area contributed by atoms with Crippen LogP contribution in [0.5, 0.6) is 0 Å². The van der Waals surface area contributed by atoms with Crippen LogP contribution in [0.15, 0.2) is 36.4 Å². The van der Waals surface area contributed by atoms with Gasteiger partial charge in [0.05, 0.1) is 11.9 Å². The number of nitrogens with two attached hydrogens (primary N) is 2. The Bertz CT molecular complexity index is 1230. The predicted octanol–water partition coefficient (Wildman–Crippen LogP) is 2.20. The van der Waals surface area contributed by atoms with Crippen molar-refractivity contribution in [1.82, 2.24) is 9.80 Å². The molecule has 216 valence electrons. The first kappa shape index (κ1) is 32.3. The highest BCUT2D eigenvalue weighted by atomic mass is 32.2. The number of hydrogen-bond donors (Lipinski definition) is 3. The minimum absolute atomic E-state index is 0.0964. The Morgan fingerprint density at radius 2 is 1.41 bits per heavy atom. The van der Waals surface area contributed by atoms with E-state index in [-0.39, 0.29) is 36.5 Å². The van der Waals surface area contributed by atoms with Crippen LogP contribution >= 0.6 is 0 Å². The standard InChI is InChI=1S/C27H38F2N4O5S/c1-4-6-32(7-5-2)26(35)20-10-18(3)11-21(15-20)27(36)33(8-9-39(31,37)38)17-25(34)24(30)14-19-12-22(28)16-23(29)13-19/h10-13,15-16,24-25,34H,4-9,14,17,30H2,1-3H3,(H2,31,37,38)/t24-,25+/m0/s1. The molecule has 2 aromatic rings. The number of nitrogens with zero attached hydrogens (tertiary/aromatic N) is 2. The topological polar surface area (TPSA) is 147 Å². The number of sulfonamides is 1. The van der Waals surface area contributed by atoms with E-state index in [2.05, 4.69) is 0 Å². The maximum absolute atomic E-state index is 13.6. The summed E-state index contributed by atoms with van der Waals surface area (Å²) < 4.78 is 50.4. The number of aryl methyl sites for hydroxylation is 1. The summed E-state index contributed by atoms with van der Waals surface area (Å²) in [6.45, 7) is 6.06. The molecule has 5 N–H and O–H groups in total. The van der Waals surface area contributed by atoms with Gasteiger partial charge in [-0.1, -0.05) is 13.8 Å². The van der Waals surface area contributed by atoms with Crippen LogP contribution in [0.1, 0.15) is 58.5 Å². The van der Waals surface area contributed by atoms with Crippen molar-refractivity contribution in [2.75, 3.05) is 31.9 Å². The van der Waals surface area contributed by atoms with Crippen LogP contribution in [0.2, 0.25) is 0 Å². The van der Waals surface area contributed by atoms with Crippen molar-refractivity contribution in [3.8, 4) is 0 Å². The second kappa shape index (κ2) is 14.5. The van der Waals surface area contributed by atoms with Crippen LogP contribution in [0.25, 0.3) is 0 Å². The van der Waals surface area contributed by atoms with Gasteiger partial charge in [0.2, 0.25) is 10.0 Å². The van der Waals surface area contributed by atoms with Gasteiger partial charge >= 0.3 is 0 Å². The average molecular weight is 569 g/mol. The molecule has 2 atom stereocenters. The molecule has 0 saturated heterocycles. The summed E-state index contributed by atoms with van der Waals surface area (Å²) in [5.74, 6) is -3.02. The molecule has 0 spiro atoms. The van der Waals surface area contributed by atoms with E-state index in [1.165, 1.54) is 6.07 Å². The van der Waals surface area contributed by atoms with Crippen molar-refractivity contribution in [3.05, 3.63) is 70.3 Å². The first-order chi connectivity index (χ1) is 18.2. The van der Waals surface area contributed by atoms with E-state index >= 15 is 0 Å². The zero-order valence-electron chi connectivity index (χ0n) is 22.6. The quantitative estimate of drug-likeness (QED) is 0.318. The van der Waals surface area contributed by atoms with E-state index in [0.717, 1.165) is 29.9 Å². The molecule has 0 heterocycles. The van der Waals surface area contributed by atoms with Gasteiger partial charge in [0.1, 0.15) is 11.6 Å². The first-order valence-electron chi connectivity index (χ1n) is 12.8. The second-order valence-corrected chi connectivity index (χ2v) is 11.4. The van der Waals surface area contributed by atoms with Gasteiger partial charge in [0, 0.05) is 49.4 Å². The van der Waals surface area contributed by atoms with Crippen LogP contribution < -0.4 is 10.9 Å². The minimum Gasteiger partial charge on any atom is -0.390 e. The molecule has 0 aliphatic rings. The molecule has 0 aliphatic heterocycles. The Kier molecular flexibility index (Phi) is 12.0. The molecule has 2 amide bonds. The van der Waals surface area contributed by atoms with Crippen molar-refractivity contribution in [1.29, 1.82) is 0 Å². The van der Waals surface area contributed by atoms with Crippen molar-refractivity contribution in [3.63, 3.8) is 0 Å². The summed E-state index contributed by atoms with van der Waals surface area (Å²) in [5.41, 5.74) is 7.38. The van der Waals surface area contributed by atoms with Crippen molar-refractivity contribution >= 4 is 21.8 Å². The van der Waals surface area contributed by atoms with Crippen molar-refractivity contribution in [2.45, 2.75) is 52.2 Å². The molecule has 0 aromatic heterocycles. The first-order valence-corrected chi connectivity index (χ1v) is 14.5. The Balaban J connectivity index is 2.32. The SMILES string of the molecule is CCCN(CCC)C(=O)c1cc(C)cc(C(=O)N(CCS(N)(=O)=O)C[C@@H](O)[C@@H](N)Cc2cc(F)cc(F)c2)c1. The Labute approximate surface area is 228 Å². The number of benzene rings is 2. The molecule has 2 aromatic carbocycles. The minimum atomic E-state index is -3.95. The number of hydrogen-bond acceptors (Lipinski definition) is 6. The fourth-order valence-corrected chi connectivity index (χ4v) is 4.74. The van der Waals surface area contributed by atoms with Gasteiger partial charge in [-0.05, 0) is 67.6 Å². The highest BCUT2D eigenvalue weighted by Crippen LogP contribution is 2.17. The van der Waals surface area contributed by atoms with E-state index < -0.39 is 45.5 Å². The maximum atomic E-state index is 13.6. The highest BCUT2D eigenvalue weighted by molar-refractivity contribution is 7.89. The number of rotatable bonds is 14. The van der Waals surface area contributed by atoms with Gasteiger partial charge in [0.25, 0.3) is 11.8 Å². The summed E-state index contributed by atoms with van der Waals surface area (Å²) in [5, 5.41) is 15.9. The molecule has 0 aliphatic carbocycles. The van der Waals surface area contributed by atoms with Crippen LogP contribution in [0.4, 0.5) is 8.78 Å². The average Bonchev–Trinajstić information content (AvgIpc) is 2.83. The van der Waals surface area contributed by atoms with Crippen LogP contribution in [-0.4, -0.2) is 79.2 Å². The molecule has 0 radical (unpaired) electrons. The number of carbonyl (C=O) groups is 2. The second-order valence-electron chi connectivity index (χ2n) is 9.71. The molecular formula is C27H38F2N4O5S. The van der Waals surface area contributed by atoms with E-state index in [0.29, 0.717) is 30.3 Å². The summed E-state index contributed by atoms with van der Waals surface area (Å²) in [4.78, 5) is 29.5. The lowest BCUT2D eigenvalue weighted by Gasteiger charge is -2.28. The monoisotopic (exact) mass is 568 g/mol. The molecular weight excluding hydrogens is 530 g/mol. The van der Waals surface area contributed by atoms with Gasteiger partial charge < -0.3 is 20.6 Å². The number of halogens is 2. The molecule has 2 rings (SSSR count). The van der Waals surface area contributed by atoms with E-state index in [1.807, 2.05) is 13.8 Å². The lowest BCUT2D eigenvalue weighted by molar-refractivity contribution is 0.0589. The molecule has 0 unspecified atom stereocenters. The smallest absolute Gasteiger partial charge is 0.254 e. The van der Waals surface area contributed by atoms with Gasteiger partial charge in [-0.15, -0.1) is 0 Å². The van der Waals surface area contributed by atoms with E-state index in [1.54, 1.807) is 24.0 Å². The fraction of sp³-hybridized carbons (Fsp3) is 0.481. The highest BCUT2D eigenvalue weighted by Gasteiger charge is 2.26. The van der Waals surface area contributed by atoms with Crippen LogP contribution in [-0.2, 0) is 16.4 Å². The largest absolute Gasteiger partial charge is 0.390 e. The van der Waals surface area contributed by atoms with Crippen LogP contribution in [0.3, 0.4) is 0 Å². The number of aliphatic hydroxyl groups is 1. The lowest BCUT2D eigenvalue weighted by atomic mass is 10.0. The van der Waals surface area contributed by atoms with Gasteiger partial charge in [-0.2, -0.15) is 0 Å². The van der Waals surface area contributed by atoms with E-state index in [9.17, 15) is 31.9 Å². The van der Waals surface area contributed by atoms with Crippen molar-refractivity contribution in [2.24, 2.45) is 10.9 Å². The third-order valence-electron chi connectivity index (χ3n) is 6.07. The molecule has 12 heteroatoms.